The number of nitrogens with zero attached hydrogens (tertiary/aromatic N) is 2. The molecule has 0 aliphatic heterocycles. The van der Waals surface area contributed by atoms with Crippen LogP contribution in [0.25, 0.3) is 10.6 Å². The van der Waals surface area contributed by atoms with E-state index < -0.39 is 11.8 Å². The minimum absolute atomic E-state index is 0.219. The molecule has 26 heavy (non-hydrogen) atoms. The molecule has 3 aromatic rings. The number of carbonyl (C=O) groups excluding carboxylic acids is 2. The fourth-order valence-electron chi connectivity index (χ4n) is 2.26. The van der Waals surface area contributed by atoms with Crippen LogP contribution in [0.1, 0.15) is 46.3 Å². The number of amides is 2. The zero-order valence-corrected chi connectivity index (χ0v) is 15.2. The van der Waals surface area contributed by atoms with E-state index in [4.69, 9.17) is 0 Å². The topological polar surface area (TPSA) is 84.0 Å². The molecule has 2 N–H and O–H groups in total. The predicted octanol–water partition coefficient (Wildman–Crippen LogP) is 3.40. The Morgan fingerprint density at radius 2 is 1.65 bits per heavy atom. The first kappa shape index (κ1) is 17.8. The van der Waals surface area contributed by atoms with E-state index in [0.29, 0.717) is 5.92 Å². The Balaban J connectivity index is 1.63. The van der Waals surface area contributed by atoms with Crippen molar-refractivity contribution >= 4 is 23.2 Å². The van der Waals surface area contributed by atoms with Crippen molar-refractivity contribution in [2.24, 2.45) is 0 Å². The number of rotatable bonds is 4. The smallest absolute Gasteiger partial charge is 0.266 e. The van der Waals surface area contributed by atoms with Gasteiger partial charge in [0, 0.05) is 17.1 Å². The molecule has 0 saturated carbocycles. The van der Waals surface area contributed by atoms with E-state index in [1.165, 1.54) is 23.1 Å². The average molecular weight is 366 g/mol. The number of carbonyl (C=O) groups is 2. The van der Waals surface area contributed by atoms with Gasteiger partial charge in [-0.05, 0) is 23.6 Å². The second kappa shape index (κ2) is 7.88. The van der Waals surface area contributed by atoms with Gasteiger partial charge in [-0.2, -0.15) is 0 Å². The summed E-state index contributed by atoms with van der Waals surface area (Å²) in [6, 6.07) is 13.1. The van der Waals surface area contributed by atoms with Crippen LogP contribution in [0.5, 0.6) is 0 Å². The van der Waals surface area contributed by atoms with E-state index >= 15 is 0 Å². The summed E-state index contributed by atoms with van der Waals surface area (Å²) in [5.74, 6) is -0.501. The van der Waals surface area contributed by atoms with E-state index in [1.54, 1.807) is 23.6 Å². The van der Waals surface area contributed by atoms with Gasteiger partial charge in [0.15, 0.2) is 0 Å². The Hall–Kier alpha value is -3.06. The third-order valence-corrected chi connectivity index (χ3v) is 4.64. The Bertz CT molecular complexity index is 905. The van der Waals surface area contributed by atoms with Crippen molar-refractivity contribution in [3.63, 3.8) is 0 Å². The molecule has 6 nitrogen and oxygen atoms in total. The minimum atomic E-state index is -0.487. The molecular weight excluding hydrogens is 348 g/mol. The standard InChI is InChI=1S/C19H18N4O2S/c1-12(2)13-6-8-14(9-7-13)19-21-16(11-26-19)18(25)23-22-17(24)15-5-3-4-10-20-15/h3-12H,1-2H3,(H,22,24)(H,23,25). The fourth-order valence-corrected chi connectivity index (χ4v) is 3.07. The van der Waals surface area contributed by atoms with Crippen LogP contribution in [0.3, 0.4) is 0 Å². The lowest BCUT2D eigenvalue weighted by atomic mass is 10.0. The molecule has 2 aromatic heterocycles. The van der Waals surface area contributed by atoms with Gasteiger partial charge in [-0.15, -0.1) is 11.3 Å². The Labute approximate surface area is 155 Å². The second-order valence-corrected chi connectivity index (χ2v) is 6.80. The maximum absolute atomic E-state index is 12.2. The molecule has 0 bridgehead atoms. The molecule has 0 saturated heterocycles. The summed E-state index contributed by atoms with van der Waals surface area (Å²) in [6.45, 7) is 4.28. The van der Waals surface area contributed by atoms with Crippen molar-refractivity contribution in [1.29, 1.82) is 0 Å². The molecule has 2 heterocycles. The summed E-state index contributed by atoms with van der Waals surface area (Å²) >= 11 is 1.38. The highest BCUT2D eigenvalue weighted by Crippen LogP contribution is 2.25. The fraction of sp³-hybridized carbons (Fsp3) is 0.158. The van der Waals surface area contributed by atoms with Gasteiger partial charge in [-0.1, -0.05) is 44.2 Å². The molecule has 3 rings (SSSR count). The molecule has 0 spiro atoms. The van der Waals surface area contributed by atoms with Crippen LogP contribution in [0, 0.1) is 0 Å². The van der Waals surface area contributed by atoms with E-state index in [2.05, 4.69) is 46.8 Å². The molecular formula is C19H18N4O2S. The minimum Gasteiger partial charge on any atom is -0.266 e. The third-order valence-electron chi connectivity index (χ3n) is 3.75. The summed E-state index contributed by atoms with van der Waals surface area (Å²) in [7, 11) is 0. The van der Waals surface area contributed by atoms with Crippen molar-refractivity contribution in [1.82, 2.24) is 20.8 Å². The quantitative estimate of drug-likeness (QED) is 0.693. The zero-order valence-electron chi connectivity index (χ0n) is 14.4. The second-order valence-electron chi connectivity index (χ2n) is 5.94. The molecule has 2 amide bonds. The first-order valence-electron chi connectivity index (χ1n) is 8.12. The number of thiazole rings is 1. The lowest BCUT2D eigenvalue weighted by Crippen LogP contribution is -2.42. The zero-order chi connectivity index (χ0) is 18.5. The Kier molecular flexibility index (Phi) is 5.38. The van der Waals surface area contributed by atoms with Crippen molar-refractivity contribution in [2.75, 3.05) is 0 Å². The van der Waals surface area contributed by atoms with Crippen LogP contribution in [0.2, 0.25) is 0 Å². The summed E-state index contributed by atoms with van der Waals surface area (Å²) in [5.41, 5.74) is 7.36. The van der Waals surface area contributed by atoms with Gasteiger partial charge in [0.25, 0.3) is 11.8 Å². The maximum atomic E-state index is 12.2. The van der Waals surface area contributed by atoms with Gasteiger partial charge in [0.1, 0.15) is 16.4 Å². The molecule has 0 unspecified atom stereocenters. The van der Waals surface area contributed by atoms with Gasteiger partial charge >= 0.3 is 0 Å². The maximum Gasteiger partial charge on any atom is 0.289 e. The van der Waals surface area contributed by atoms with E-state index in [-0.39, 0.29) is 11.4 Å². The number of hydrogen-bond donors (Lipinski definition) is 2. The first-order valence-corrected chi connectivity index (χ1v) is 9.00. The predicted molar refractivity (Wildman–Crippen MR) is 101 cm³/mol. The highest BCUT2D eigenvalue weighted by molar-refractivity contribution is 7.13. The first-order chi connectivity index (χ1) is 12.5. The lowest BCUT2D eigenvalue weighted by Gasteiger charge is -2.05. The highest BCUT2D eigenvalue weighted by Gasteiger charge is 2.14. The van der Waals surface area contributed by atoms with Crippen molar-refractivity contribution in [2.45, 2.75) is 19.8 Å². The number of pyridine rings is 1. The number of hydrazine groups is 1. The van der Waals surface area contributed by atoms with Crippen LogP contribution in [0.15, 0.2) is 54.0 Å². The van der Waals surface area contributed by atoms with Crippen LogP contribution in [-0.2, 0) is 0 Å². The molecule has 1 aromatic carbocycles. The molecule has 0 atom stereocenters. The van der Waals surface area contributed by atoms with Crippen LogP contribution >= 0.6 is 11.3 Å². The van der Waals surface area contributed by atoms with Gasteiger partial charge in [-0.3, -0.25) is 25.4 Å². The number of nitrogens with one attached hydrogen (secondary N) is 2. The molecule has 7 heteroatoms. The van der Waals surface area contributed by atoms with Gasteiger partial charge < -0.3 is 0 Å². The van der Waals surface area contributed by atoms with Gasteiger partial charge in [-0.25, -0.2) is 4.98 Å². The summed E-state index contributed by atoms with van der Waals surface area (Å²) < 4.78 is 0. The SMILES string of the molecule is CC(C)c1ccc(-c2nc(C(=O)NNC(=O)c3ccccn3)cs2)cc1. The lowest BCUT2D eigenvalue weighted by molar-refractivity contribution is 0.0841. The third kappa shape index (κ3) is 4.12. The molecule has 0 aliphatic rings. The van der Waals surface area contributed by atoms with E-state index in [9.17, 15) is 9.59 Å². The van der Waals surface area contributed by atoms with Crippen LogP contribution in [-0.4, -0.2) is 21.8 Å². The number of benzene rings is 1. The van der Waals surface area contributed by atoms with E-state index in [0.717, 1.165) is 10.6 Å². The summed E-state index contributed by atoms with van der Waals surface area (Å²) in [5, 5.41) is 2.41. The number of aromatic nitrogens is 2. The van der Waals surface area contributed by atoms with Crippen molar-refractivity contribution < 1.29 is 9.59 Å². The molecule has 0 radical (unpaired) electrons. The summed E-state index contributed by atoms with van der Waals surface area (Å²) in [6.07, 6.45) is 1.51. The van der Waals surface area contributed by atoms with Gasteiger partial charge in [0.2, 0.25) is 0 Å². The van der Waals surface area contributed by atoms with E-state index in [1.807, 2.05) is 12.1 Å². The molecule has 132 valence electrons. The highest BCUT2D eigenvalue weighted by atomic mass is 32.1. The molecule has 0 aliphatic carbocycles. The summed E-state index contributed by atoms with van der Waals surface area (Å²) in [4.78, 5) is 32.3. The van der Waals surface area contributed by atoms with Crippen molar-refractivity contribution in [3.8, 4) is 10.6 Å². The monoisotopic (exact) mass is 366 g/mol. The van der Waals surface area contributed by atoms with Crippen LogP contribution < -0.4 is 10.9 Å². The van der Waals surface area contributed by atoms with Crippen LogP contribution in [0.4, 0.5) is 0 Å². The average Bonchev–Trinajstić information content (AvgIpc) is 3.17. The Morgan fingerprint density at radius 3 is 2.27 bits per heavy atom. The van der Waals surface area contributed by atoms with Gasteiger partial charge in [0.05, 0.1) is 0 Å². The Morgan fingerprint density at radius 1 is 0.962 bits per heavy atom. The van der Waals surface area contributed by atoms with Crippen molar-refractivity contribution in [3.05, 3.63) is 71.0 Å². The normalized spacial score (nSPS) is 10.6. The number of hydrogen-bond acceptors (Lipinski definition) is 5. The largest absolute Gasteiger partial charge is 0.289 e. The molecule has 0 fully saturated rings.